The van der Waals surface area contributed by atoms with E-state index >= 15 is 0 Å². The molecule has 0 amide bonds. The number of rotatable bonds is 32. The summed E-state index contributed by atoms with van der Waals surface area (Å²) in [4.78, 5) is 0. The summed E-state index contributed by atoms with van der Waals surface area (Å²) in [5, 5.41) is 0. The van der Waals surface area contributed by atoms with E-state index < -0.39 is 197 Å². The van der Waals surface area contributed by atoms with Crippen molar-refractivity contribution in [3.63, 3.8) is 0 Å². The van der Waals surface area contributed by atoms with E-state index in [1.807, 2.05) is 0 Å². The molecule has 36 unspecified atom stereocenters. The van der Waals surface area contributed by atoms with Crippen molar-refractivity contribution in [2.75, 3.05) is 0 Å². The first-order chi connectivity index (χ1) is 30.5. The van der Waals surface area contributed by atoms with Gasteiger partial charge in [-0.3, -0.25) is 0 Å². The first-order valence-electron chi connectivity index (χ1n) is 15.2. The SMILES string of the molecule is [B]PP([B])P(P(P)P)P(P(P(P)P)P(P)P)P(P(P(P(P)P)P(P)P)P(P(P)P)P(P)P)P(P(P(P(P)P)P(P)P)P(P(P)P)P(P)P)P(P(P(P)P)P(P)P)P(P(P)P)P(P([B])[B])P([B])[B]. The van der Waals surface area contributed by atoms with Crippen LogP contribution in [0.1, 0.15) is 0 Å². The monoisotopic (exact) mass is 2010 g/mol. The summed E-state index contributed by atoms with van der Waals surface area (Å²) in [5.74, 6) is 0. The van der Waals surface area contributed by atoms with E-state index in [1.54, 1.807) is 0 Å². The lowest BCUT2D eigenvalue weighted by atomic mass is 10.7. The molecule has 67 heteroatoms. The Kier molecular flexibility index (Phi) is 71.1. The Morgan fingerprint density at radius 2 is 0.313 bits per heavy atom. The van der Waals surface area contributed by atoms with Crippen molar-refractivity contribution < 1.29 is 0 Å². The van der Waals surface area contributed by atoms with Gasteiger partial charge < -0.3 is 0 Å². The standard InChI is InChI=1S/B6H57P61/c1-35-38(6)54(39(7)8)62(55(40(9)10)41(11)12)66(63(56(42(13)14)43(15)16)57(44(17)18)45(19)20)67(64(58(46(21)22)47(23)24)59(48(25)26)49(27)28)65(60(50(29)30)51(31)32)61(52(33)34)53(36(2)3)37(4)5/h35H,7-34H2. The van der Waals surface area contributed by atoms with E-state index in [-0.39, 0.29) is 27.9 Å². The Balaban J connectivity index is 11.4. The lowest BCUT2D eigenvalue weighted by Gasteiger charge is -2.61. The second kappa shape index (κ2) is 50.9. The van der Waals surface area contributed by atoms with Crippen molar-refractivity contribution in [2.24, 2.45) is 0 Å². The maximum atomic E-state index is 7.89. The predicted molar refractivity (Wildman–Crippen MR) is 536 cm³/mol. The third kappa shape index (κ3) is 32.7. The van der Waals surface area contributed by atoms with Gasteiger partial charge in [-0.2, -0.15) is 22.9 Å². The lowest BCUT2D eigenvalue weighted by molar-refractivity contribution is 4.30. The minimum absolute atomic E-state index is 0.297. The van der Waals surface area contributed by atoms with Gasteiger partial charge >= 0.3 is 0 Å². The Morgan fingerprint density at radius 3 is 0.448 bits per heavy atom. The van der Waals surface area contributed by atoms with Crippen LogP contribution in [0.15, 0.2) is 0 Å². The Hall–Kier alpha value is 26.6. The van der Waals surface area contributed by atoms with Gasteiger partial charge in [-0.25, -0.2) is 0 Å². The summed E-state index contributed by atoms with van der Waals surface area (Å²) in [6.45, 7) is -14.0. The van der Waals surface area contributed by atoms with Gasteiger partial charge in [0.05, 0.1) is 0 Å². The number of hydrogen-bond donors (Lipinski definition) is 0. The zero-order chi connectivity index (χ0) is 53.2. The molecular formula is H57B6P61. The summed E-state index contributed by atoms with van der Waals surface area (Å²) >= 11 is 0. The fourth-order valence-corrected chi connectivity index (χ4v) is 894. The highest BCUT2D eigenvalue weighted by molar-refractivity contribution is 9.55. The molecule has 0 aliphatic rings. The molecule has 0 fully saturated rings. The second-order valence-electron chi connectivity index (χ2n) is 10.6. The highest BCUT2D eigenvalue weighted by atomic mass is 33.6. The molecule has 0 aromatic heterocycles. The molecule has 0 nitrogen and oxygen atoms in total. The zero-order valence-electron chi connectivity index (χ0n) is 34.4. The molecule has 0 bridgehead atoms. The van der Waals surface area contributed by atoms with Gasteiger partial charge in [0, 0.05) is 0 Å². The summed E-state index contributed by atoms with van der Waals surface area (Å²) in [5.41, 5.74) is 0. The van der Waals surface area contributed by atoms with E-state index in [4.69, 9.17) is 45.4 Å². The zero-order valence-corrected chi connectivity index (χ0v) is 96.4. The molecule has 0 saturated heterocycles. The normalized spacial score (nSPS) is 17.5. The van der Waals surface area contributed by atoms with Crippen LogP contribution in [0.25, 0.3) is 0 Å². The van der Waals surface area contributed by atoms with Crippen molar-refractivity contribution in [1.82, 2.24) is 0 Å². The highest BCUT2D eigenvalue weighted by Gasteiger charge is 2.62. The molecular weight excluding hydrogens is 1950 g/mol. The summed E-state index contributed by atoms with van der Waals surface area (Å²) < 4.78 is 0. The average molecular weight is 2010 g/mol. The van der Waals surface area contributed by atoms with Gasteiger partial charge in [0.15, 0.2) is 0 Å². The molecule has 0 aromatic carbocycles. The molecule has 0 N–H and O–H groups in total. The molecule has 0 aromatic rings. The van der Waals surface area contributed by atoms with Crippen LogP contribution >= 0.6 is 483 Å². The first-order valence-corrected chi connectivity index (χ1v) is 128. The van der Waals surface area contributed by atoms with Crippen LogP contribution in [0, 0.1) is 0 Å². The largest absolute Gasteiger partial charge is 0.171 e. The van der Waals surface area contributed by atoms with Crippen LogP contribution in [0.2, 0.25) is 0 Å². The minimum atomic E-state index is -1.32. The molecule has 0 rings (SSSR count). The van der Waals surface area contributed by atoms with Gasteiger partial charge in [0.25, 0.3) is 0 Å². The Morgan fingerprint density at radius 1 is 0.179 bits per heavy atom. The molecule has 380 valence electrons. The summed E-state index contributed by atoms with van der Waals surface area (Å²) in [6.07, 6.45) is 0. The van der Waals surface area contributed by atoms with Gasteiger partial charge in [-0.1, -0.05) is 6.99 Å². The molecule has 12 radical (unpaired) electrons. The maximum absolute atomic E-state index is 7.89. The molecule has 0 heterocycles. The lowest BCUT2D eigenvalue weighted by Crippen LogP contribution is -1.77. The Bertz CT molecular complexity index is 1180. The van der Waals surface area contributed by atoms with Crippen molar-refractivity contribution in [1.29, 1.82) is 0 Å². The van der Waals surface area contributed by atoms with Crippen molar-refractivity contribution in [3.05, 3.63) is 0 Å². The van der Waals surface area contributed by atoms with Crippen LogP contribution in [0.5, 0.6) is 0 Å². The summed E-state index contributed by atoms with van der Waals surface area (Å²) in [6, 6.07) is 0. The number of hydrogen-bond acceptors (Lipinski definition) is 0. The van der Waals surface area contributed by atoms with Gasteiger partial charge in [-0.05, 0) is 196 Å². The van der Waals surface area contributed by atoms with Crippen molar-refractivity contribution in [3.8, 4) is 0 Å². The molecule has 0 saturated carbocycles. The van der Waals surface area contributed by atoms with E-state index in [2.05, 4.69) is 250 Å². The van der Waals surface area contributed by atoms with Gasteiger partial charge in [0.2, 0.25) is 0 Å². The first kappa shape index (κ1) is 93.6. The summed E-state index contributed by atoms with van der Waals surface area (Å²) in [7, 11) is 139. The highest BCUT2D eigenvalue weighted by Crippen LogP contribution is 3.49. The molecule has 36 atom stereocenters. The van der Waals surface area contributed by atoms with Crippen molar-refractivity contribution in [2.45, 2.75) is 0 Å². The smallest absolute Gasteiger partial charge is 0.121 e. The van der Waals surface area contributed by atoms with Crippen LogP contribution in [-0.4, -0.2) is 45.4 Å². The third-order valence-corrected chi connectivity index (χ3v) is 439. The van der Waals surface area contributed by atoms with Crippen molar-refractivity contribution >= 4 is 528 Å². The molecule has 0 aliphatic carbocycles. The molecule has 0 spiro atoms. The van der Waals surface area contributed by atoms with Crippen LogP contribution in [-0.2, 0) is 0 Å². The maximum Gasteiger partial charge on any atom is 0.121 e. The predicted octanol–water partition coefficient (Wildman–Crippen LogP) is 35.0. The topological polar surface area (TPSA) is 0 Å². The fraction of sp³-hybridized carbons (Fsp3) is 0. The second-order valence-corrected chi connectivity index (χ2v) is 263. The van der Waals surface area contributed by atoms with Gasteiger partial charge in [0.1, 0.15) is 45.4 Å². The van der Waals surface area contributed by atoms with Crippen LogP contribution in [0.3, 0.4) is 0 Å². The minimum Gasteiger partial charge on any atom is -0.171 e. The van der Waals surface area contributed by atoms with Crippen LogP contribution in [0.4, 0.5) is 0 Å². The Labute approximate surface area is 520 Å². The van der Waals surface area contributed by atoms with Gasteiger partial charge in [-0.15, -0.1) is 257 Å². The quantitative estimate of drug-likeness (QED) is 0.0465. The van der Waals surface area contributed by atoms with E-state index in [0.717, 1.165) is 0 Å². The van der Waals surface area contributed by atoms with E-state index in [0.29, 0.717) is 8.15 Å². The molecule has 67 heavy (non-hydrogen) atoms. The molecule has 0 aliphatic heterocycles. The van der Waals surface area contributed by atoms with E-state index in [1.165, 1.54) is 0 Å². The van der Waals surface area contributed by atoms with E-state index in [9.17, 15) is 0 Å². The van der Waals surface area contributed by atoms with Crippen LogP contribution < -0.4 is 0 Å². The third-order valence-electron chi connectivity index (χ3n) is 5.87. The average Bonchev–Trinajstić information content (AvgIpc) is 3.11. The fourth-order valence-electron chi connectivity index (χ4n) is 4.01.